The van der Waals surface area contributed by atoms with Gasteiger partial charge in [-0.15, -0.1) is 0 Å². The molecule has 1 heterocycles. The topological polar surface area (TPSA) is 70.4 Å². The molecular formula is C20H30N4O2. The van der Waals surface area contributed by atoms with E-state index in [2.05, 4.69) is 57.3 Å². The molecule has 0 atom stereocenters. The fraction of sp³-hybridized carbons (Fsp3) is 0.500. The number of rotatable bonds is 7. The van der Waals surface area contributed by atoms with Crippen LogP contribution in [-0.4, -0.2) is 46.2 Å². The molecule has 0 spiro atoms. The van der Waals surface area contributed by atoms with Gasteiger partial charge in [0.15, 0.2) is 0 Å². The number of benzene rings is 1. The lowest BCUT2D eigenvalue weighted by Gasteiger charge is -2.30. The van der Waals surface area contributed by atoms with Crippen molar-refractivity contribution in [1.29, 1.82) is 0 Å². The van der Waals surface area contributed by atoms with Crippen LogP contribution in [0.3, 0.4) is 0 Å². The number of imidazole rings is 1. The summed E-state index contributed by atoms with van der Waals surface area (Å²) in [6, 6.07) is 5.99. The van der Waals surface area contributed by atoms with Crippen molar-refractivity contribution in [3.63, 3.8) is 0 Å². The summed E-state index contributed by atoms with van der Waals surface area (Å²) in [5.41, 5.74) is 4.59. The van der Waals surface area contributed by atoms with E-state index in [1.807, 2.05) is 12.1 Å². The molecule has 6 heteroatoms. The molecular weight excluding hydrogens is 328 g/mol. The highest BCUT2D eigenvalue weighted by Gasteiger charge is 2.23. The molecule has 0 saturated heterocycles. The third-order valence-corrected chi connectivity index (χ3v) is 4.19. The van der Waals surface area contributed by atoms with E-state index in [9.17, 15) is 4.79 Å². The lowest BCUT2D eigenvalue weighted by Crippen LogP contribution is -2.33. The molecule has 0 aliphatic carbocycles. The highest BCUT2D eigenvalue weighted by atomic mass is 16.5. The Morgan fingerprint density at radius 2 is 2.08 bits per heavy atom. The number of hydroxylamine groups is 1. The lowest BCUT2D eigenvalue weighted by molar-refractivity contribution is -0.124. The molecule has 1 amide bonds. The first-order valence-electron chi connectivity index (χ1n) is 8.90. The number of aromatic nitrogens is 2. The Labute approximate surface area is 155 Å². The van der Waals surface area contributed by atoms with Gasteiger partial charge >= 0.3 is 0 Å². The minimum Gasteiger partial charge on any atom is -0.327 e. The van der Waals surface area contributed by atoms with E-state index in [0.717, 1.165) is 35.5 Å². The number of carbonyl (C=O) groups excluding carboxylic acids is 1. The van der Waals surface area contributed by atoms with E-state index in [1.54, 1.807) is 11.6 Å². The molecule has 1 aromatic carbocycles. The van der Waals surface area contributed by atoms with Gasteiger partial charge in [0.25, 0.3) is 5.91 Å². The minimum atomic E-state index is -0.552. The Kier molecular flexibility index (Phi) is 6.21. The molecule has 0 aliphatic heterocycles. The van der Waals surface area contributed by atoms with Gasteiger partial charge in [0.2, 0.25) is 0 Å². The van der Waals surface area contributed by atoms with Gasteiger partial charge < -0.3 is 9.47 Å². The molecule has 2 N–H and O–H groups in total. The maximum atomic E-state index is 11.2. The van der Waals surface area contributed by atoms with Crippen molar-refractivity contribution in [3.05, 3.63) is 35.7 Å². The van der Waals surface area contributed by atoms with Gasteiger partial charge in [0.05, 0.1) is 11.0 Å². The van der Waals surface area contributed by atoms with Crippen molar-refractivity contribution in [2.45, 2.75) is 40.2 Å². The first-order chi connectivity index (χ1) is 12.1. The van der Waals surface area contributed by atoms with Crippen LogP contribution in [0.15, 0.2) is 24.3 Å². The normalized spacial score (nSPS) is 12.7. The second kappa shape index (κ2) is 8.01. The summed E-state index contributed by atoms with van der Waals surface area (Å²) in [5.74, 6) is 0.835. The van der Waals surface area contributed by atoms with Gasteiger partial charge in [0.1, 0.15) is 5.82 Å². The zero-order valence-electron chi connectivity index (χ0n) is 16.6. The molecule has 6 nitrogen and oxygen atoms in total. The van der Waals surface area contributed by atoms with Crippen molar-refractivity contribution in [3.8, 4) is 0 Å². The molecule has 1 aromatic heterocycles. The lowest BCUT2D eigenvalue weighted by atomic mass is 9.92. The van der Waals surface area contributed by atoms with Crippen LogP contribution in [0.1, 0.15) is 45.0 Å². The van der Waals surface area contributed by atoms with E-state index >= 15 is 0 Å². The monoisotopic (exact) mass is 358 g/mol. The van der Waals surface area contributed by atoms with Crippen LogP contribution < -0.4 is 5.48 Å². The highest BCUT2D eigenvalue weighted by molar-refractivity contribution is 5.91. The Hall–Kier alpha value is -2.18. The Morgan fingerprint density at radius 3 is 2.65 bits per heavy atom. The first-order valence-corrected chi connectivity index (χ1v) is 8.90. The number of carbonyl (C=O) groups is 1. The summed E-state index contributed by atoms with van der Waals surface area (Å²) in [6.07, 6.45) is 2.96. The minimum absolute atomic E-state index is 0.110. The summed E-state index contributed by atoms with van der Waals surface area (Å²) in [6.45, 7) is 10.7. The van der Waals surface area contributed by atoms with E-state index in [4.69, 9.17) is 10.2 Å². The predicted molar refractivity (Wildman–Crippen MR) is 105 cm³/mol. The molecule has 0 bridgehead atoms. The number of hydrogen-bond donors (Lipinski definition) is 2. The predicted octanol–water partition coefficient (Wildman–Crippen LogP) is 3.27. The van der Waals surface area contributed by atoms with Crippen LogP contribution in [0.2, 0.25) is 0 Å². The first kappa shape index (κ1) is 20.1. The average molecular weight is 358 g/mol. The Morgan fingerprint density at radius 1 is 1.38 bits per heavy atom. The Bertz CT molecular complexity index is 803. The molecule has 0 aliphatic rings. The van der Waals surface area contributed by atoms with Crippen LogP contribution in [0.5, 0.6) is 0 Å². The molecule has 142 valence electrons. The fourth-order valence-corrected chi connectivity index (χ4v) is 3.42. The zero-order chi connectivity index (χ0) is 19.5. The molecule has 0 unspecified atom stereocenters. The van der Waals surface area contributed by atoms with Crippen LogP contribution in [0.4, 0.5) is 0 Å². The third kappa shape index (κ3) is 4.93. The summed E-state index contributed by atoms with van der Waals surface area (Å²) in [7, 11) is 4.19. The van der Waals surface area contributed by atoms with Crippen LogP contribution >= 0.6 is 0 Å². The molecule has 2 aromatic rings. The van der Waals surface area contributed by atoms with Crippen molar-refractivity contribution in [1.82, 2.24) is 19.9 Å². The number of fused-ring (bicyclic) bond motifs is 1. The highest BCUT2D eigenvalue weighted by Crippen LogP contribution is 2.28. The van der Waals surface area contributed by atoms with Crippen LogP contribution in [0.25, 0.3) is 17.1 Å². The Balaban J connectivity index is 2.44. The van der Waals surface area contributed by atoms with E-state index in [0.29, 0.717) is 5.92 Å². The van der Waals surface area contributed by atoms with Crippen molar-refractivity contribution >= 4 is 23.0 Å². The summed E-state index contributed by atoms with van der Waals surface area (Å²) in [5, 5.41) is 8.59. The van der Waals surface area contributed by atoms with Gasteiger partial charge in [-0.2, -0.15) is 0 Å². The molecule has 26 heavy (non-hydrogen) atoms. The number of nitrogens with zero attached hydrogens (tertiary/aromatic N) is 3. The fourth-order valence-electron chi connectivity index (χ4n) is 3.42. The van der Waals surface area contributed by atoms with Gasteiger partial charge in [-0.3, -0.25) is 10.0 Å². The largest absolute Gasteiger partial charge is 0.327 e. The van der Waals surface area contributed by atoms with E-state index in [-0.39, 0.29) is 5.41 Å². The standard InChI is InChI=1S/C20H30N4O2/c1-14(2)19-21-16-11-15(8-10-18(25)22-26)7-9-17(16)24(19)13-20(3,4)12-23(5)6/h7-11,14,26H,12-13H2,1-6H3,(H,22,25)/b10-8+. The maximum Gasteiger partial charge on any atom is 0.267 e. The summed E-state index contributed by atoms with van der Waals surface area (Å²) < 4.78 is 2.32. The maximum absolute atomic E-state index is 11.2. The molecule has 0 radical (unpaired) electrons. The SMILES string of the molecule is CC(C)c1nc2cc(/C=C/C(=O)NO)ccc2n1CC(C)(C)CN(C)C. The van der Waals surface area contributed by atoms with Gasteiger partial charge in [-0.25, -0.2) is 10.5 Å². The van der Waals surface area contributed by atoms with Crippen LogP contribution in [-0.2, 0) is 11.3 Å². The summed E-state index contributed by atoms with van der Waals surface area (Å²) >= 11 is 0. The van der Waals surface area contributed by atoms with Crippen molar-refractivity contribution in [2.24, 2.45) is 5.41 Å². The second-order valence-electron chi connectivity index (χ2n) is 8.17. The number of hydrogen-bond acceptors (Lipinski definition) is 4. The average Bonchev–Trinajstić information content (AvgIpc) is 2.88. The van der Waals surface area contributed by atoms with Gasteiger partial charge in [-0.1, -0.05) is 33.8 Å². The second-order valence-corrected chi connectivity index (χ2v) is 8.17. The summed E-state index contributed by atoms with van der Waals surface area (Å²) in [4.78, 5) is 18.2. The number of amides is 1. The third-order valence-electron chi connectivity index (χ3n) is 4.19. The zero-order valence-corrected chi connectivity index (χ0v) is 16.6. The number of nitrogens with one attached hydrogen (secondary N) is 1. The van der Waals surface area contributed by atoms with Gasteiger partial charge in [-0.05, 0) is 43.3 Å². The van der Waals surface area contributed by atoms with E-state index in [1.165, 1.54) is 6.08 Å². The molecule has 0 saturated carbocycles. The molecule has 0 fully saturated rings. The van der Waals surface area contributed by atoms with E-state index < -0.39 is 5.91 Å². The smallest absolute Gasteiger partial charge is 0.267 e. The molecule has 2 rings (SSSR count). The van der Waals surface area contributed by atoms with Crippen molar-refractivity contribution in [2.75, 3.05) is 20.6 Å². The van der Waals surface area contributed by atoms with Crippen molar-refractivity contribution < 1.29 is 10.0 Å². The van der Waals surface area contributed by atoms with Gasteiger partial charge in [0, 0.05) is 25.1 Å². The van der Waals surface area contributed by atoms with Crippen LogP contribution in [0, 0.1) is 5.41 Å². The quantitative estimate of drug-likeness (QED) is 0.453.